The number of Topliss-reactive ketones (excluding diaryl/α,β-unsaturated/α-hetero) is 1. The van der Waals surface area contributed by atoms with E-state index in [9.17, 15) is 9.59 Å². The first-order chi connectivity index (χ1) is 7.90. The third-order valence-corrected chi connectivity index (χ3v) is 2.13. The van der Waals surface area contributed by atoms with Crippen LogP contribution in [0.3, 0.4) is 0 Å². The highest BCUT2D eigenvalue weighted by atomic mass is 16.5. The average molecular weight is 244 g/mol. The van der Waals surface area contributed by atoms with Crippen LogP contribution in [0.25, 0.3) is 0 Å². The minimum Gasteiger partial charge on any atom is -0.466 e. The molecule has 0 spiro atoms. The molecule has 0 aliphatic rings. The molecule has 0 aromatic carbocycles. The molecule has 0 N–H and O–H groups in total. The largest absolute Gasteiger partial charge is 0.466 e. The summed E-state index contributed by atoms with van der Waals surface area (Å²) >= 11 is 0. The van der Waals surface area contributed by atoms with Crippen molar-refractivity contribution in [1.82, 2.24) is 0 Å². The molecule has 102 valence electrons. The van der Waals surface area contributed by atoms with Gasteiger partial charge in [-0.05, 0) is 25.7 Å². The third kappa shape index (κ3) is 25.4. The maximum atomic E-state index is 10.3. The Morgan fingerprint density at radius 3 is 2.06 bits per heavy atom. The number of hydrogen-bond donors (Lipinski definition) is 0. The van der Waals surface area contributed by atoms with Crippen molar-refractivity contribution in [3.63, 3.8) is 0 Å². The lowest BCUT2D eigenvalue weighted by molar-refractivity contribution is -0.141. The minimum absolute atomic E-state index is 0.185. The number of esters is 1. The van der Waals surface area contributed by atoms with Crippen LogP contribution >= 0.6 is 0 Å². The fourth-order valence-electron chi connectivity index (χ4n) is 1.06. The topological polar surface area (TPSA) is 43.4 Å². The van der Waals surface area contributed by atoms with E-state index in [1.54, 1.807) is 6.92 Å². The fraction of sp³-hybridized carbons (Fsp3) is 0.857. The highest BCUT2D eigenvalue weighted by molar-refractivity contribution is 5.75. The van der Waals surface area contributed by atoms with E-state index in [4.69, 9.17) is 4.74 Å². The van der Waals surface area contributed by atoms with Gasteiger partial charge in [-0.1, -0.05) is 33.6 Å². The van der Waals surface area contributed by atoms with E-state index < -0.39 is 0 Å². The Hall–Kier alpha value is -0.860. The second-order valence-corrected chi connectivity index (χ2v) is 4.68. The van der Waals surface area contributed by atoms with Gasteiger partial charge in [0.2, 0.25) is 0 Å². The standard InChI is InChI=1S/C7H14O2.C7H14O/c1-6(2)4-5-9-7(3)8;1-3-4-5-6-7(2)8/h6H,4-5H2,1-3H3;3-6H2,1-2H3. The zero-order chi connectivity index (χ0) is 13.7. The van der Waals surface area contributed by atoms with Crippen molar-refractivity contribution in [2.45, 2.75) is 66.7 Å². The molecule has 0 atom stereocenters. The smallest absolute Gasteiger partial charge is 0.302 e. The van der Waals surface area contributed by atoms with Crippen molar-refractivity contribution in [3.05, 3.63) is 0 Å². The molecule has 0 heterocycles. The molecule has 0 aliphatic carbocycles. The van der Waals surface area contributed by atoms with Gasteiger partial charge in [0.05, 0.1) is 6.61 Å². The molecule has 0 bridgehead atoms. The van der Waals surface area contributed by atoms with Crippen molar-refractivity contribution in [3.8, 4) is 0 Å². The maximum absolute atomic E-state index is 10.3. The summed E-state index contributed by atoms with van der Waals surface area (Å²) < 4.78 is 4.71. The van der Waals surface area contributed by atoms with Crippen molar-refractivity contribution < 1.29 is 14.3 Å². The lowest BCUT2D eigenvalue weighted by Crippen LogP contribution is -2.02. The predicted octanol–water partition coefficient (Wildman–Crippen LogP) is 3.75. The quantitative estimate of drug-likeness (QED) is 0.506. The van der Waals surface area contributed by atoms with Gasteiger partial charge in [-0.25, -0.2) is 0 Å². The van der Waals surface area contributed by atoms with E-state index in [1.165, 1.54) is 19.8 Å². The zero-order valence-electron chi connectivity index (χ0n) is 12.0. The van der Waals surface area contributed by atoms with Crippen molar-refractivity contribution in [1.29, 1.82) is 0 Å². The third-order valence-electron chi connectivity index (χ3n) is 2.13. The Balaban J connectivity index is 0. The van der Waals surface area contributed by atoms with Gasteiger partial charge < -0.3 is 9.53 Å². The number of ether oxygens (including phenoxy) is 1. The van der Waals surface area contributed by atoms with Crippen LogP contribution in [0.2, 0.25) is 0 Å². The van der Waals surface area contributed by atoms with Gasteiger partial charge in [0, 0.05) is 13.3 Å². The van der Waals surface area contributed by atoms with E-state index in [0.717, 1.165) is 19.3 Å². The lowest BCUT2D eigenvalue weighted by atomic mass is 10.1. The van der Waals surface area contributed by atoms with Gasteiger partial charge >= 0.3 is 5.97 Å². The summed E-state index contributed by atoms with van der Waals surface area (Å²) in [6, 6.07) is 0. The molecule has 0 aromatic heterocycles. The number of hydrogen-bond acceptors (Lipinski definition) is 3. The molecule has 0 fully saturated rings. The van der Waals surface area contributed by atoms with Gasteiger partial charge in [-0.15, -0.1) is 0 Å². The Morgan fingerprint density at radius 1 is 1.12 bits per heavy atom. The molecule has 0 unspecified atom stereocenters. The molecule has 0 aromatic rings. The molecule has 0 saturated carbocycles. The monoisotopic (exact) mass is 244 g/mol. The molecule has 0 amide bonds. The number of carbonyl (C=O) groups excluding carboxylic acids is 2. The van der Waals surface area contributed by atoms with Crippen LogP contribution in [0.1, 0.15) is 66.7 Å². The van der Waals surface area contributed by atoms with Gasteiger partial charge in [0.15, 0.2) is 0 Å². The number of rotatable bonds is 7. The molecule has 0 radical (unpaired) electrons. The second-order valence-electron chi connectivity index (χ2n) is 4.68. The first-order valence-electron chi connectivity index (χ1n) is 6.52. The Bertz CT molecular complexity index is 198. The van der Waals surface area contributed by atoms with Crippen LogP contribution in [0.5, 0.6) is 0 Å². The summed E-state index contributed by atoms with van der Waals surface area (Å²) in [6.45, 7) is 9.98. The van der Waals surface area contributed by atoms with E-state index in [-0.39, 0.29) is 5.97 Å². The van der Waals surface area contributed by atoms with Crippen molar-refractivity contribution in [2.75, 3.05) is 6.61 Å². The van der Waals surface area contributed by atoms with E-state index in [1.807, 2.05) is 0 Å². The van der Waals surface area contributed by atoms with Gasteiger partial charge in [0.1, 0.15) is 5.78 Å². The Morgan fingerprint density at radius 2 is 1.71 bits per heavy atom. The highest BCUT2D eigenvalue weighted by Crippen LogP contribution is 1.98. The van der Waals surface area contributed by atoms with E-state index >= 15 is 0 Å². The van der Waals surface area contributed by atoms with E-state index in [0.29, 0.717) is 18.3 Å². The molecular formula is C14H28O3. The van der Waals surface area contributed by atoms with Crippen LogP contribution in [-0.2, 0) is 14.3 Å². The second kappa shape index (κ2) is 13.2. The Labute approximate surface area is 106 Å². The molecule has 0 saturated heterocycles. The summed E-state index contributed by atoms with van der Waals surface area (Å²) in [6.07, 6.45) is 5.20. The summed E-state index contributed by atoms with van der Waals surface area (Å²) in [4.78, 5) is 20.5. The fourth-order valence-corrected chi connectivity index (χ4v) is 1.06. The normalized spacial score (nSPS) is 9.53. The number of carbonyl (C=O) groups is 2. The van der Waals surface area contributed by atoms with Crippen molar-refractivity contribution in [2.24, 2.45) is 5.92 Å². The van der Waals surface area contributed by atoms with Gasteiger partial charge in [-0.2, -0.15) is 0 Å². The molecule has 3 heteroatoms. The Kier molecular flexibility index (Phi) is 14.4. The summed E-state index contributed by atoms with van der Waals surface area (Å²) in [5.41, 5.74) is 0. The van der Waals surface area contributed by atoms with Crippen molar-refractivity contribution >= 4 is 11.8 Å². The number of unbranched alkanes of at least 4 members (excludes halogenated alkanes) is 2. The minimum atomic E-state index is -0.185. The van der Waals surface area contributed by atoms with Crippen LogP contribution in [0, 0.1) is 5.92 Å². The molecule has 3 nitrogen and oxygen atoms in total. The molecule has 0 aliphatic heterocycles. The number of ketones is 1. The molecule has 0 rings (SSSR count). The van der Waals surface area contributed by atoms with Crippen LogP contribution in [0.15, 0.2) is 0 Å². The van der Waals surface area contributed by atoms with Gasteiger partial charge in [0.25, 0.3) is 0 Å². The van der Waals surface area contributed by atoms with Crippen LogP contribution in [-0.4, -0.2) is 18.4 Å². The summed E-state index contributed by atoms with van der Waals surface area (Å²) in [7, 11) is 0. The molecule has 17 heavy (non-hydrogen) atoms. The first-order valence-corrected chi connectivity index (χ1v) is 6.52. The lowest BCUT2D eigenvalue weighted by Gasteiger charge is -2.02. The van der Waals surface area contributed by atoms with E-state index in [2.05, 4.69) is 20.8 Å². The van der Waals surface area contributed by atoms with Crippen LogP contribution < -0.4 is 0 Å². The maximum Gasteiger partial charge on any atom is 0.302 e. The van der Waals surface area contributed by atoms with Gasteiger partial charge in [-0.3, -0.25) is 4.79 Å². The first kappa shape index (κ1) is 18.5. The molecular weight excluding hydrogens is 216 g/mol. The predicted molar refractivity (Wildman–Crippen MR) is 70.9 cm³/mol. The highest BCUT2D eigenvalue weighted by Gasteiger charge is 1.95. The average Bonchev–Trinajstić information content (AvgIpc) is 2.17. The summed E-state index contributed by atoms with van der Waals surface area (Å²) in [5.74, 6) is 0.749. The summed E-state index contributed by atoms with van der Waals surface area (Å²) in [5, 5.41) is 0. The zero-order valence-corrected chi connectivity index (χ0v) is 12.0. The SMILES string of the molecule is CC(=O)OCCC(C)C.CCCCCC(C)=O. The van der Waals surface area contributed by atoms with Crippen LogP contribution in [0.4, 0.5) is 0 Å².